The van der Waals surface area contributed by atoms with E-state index in [1.54, 1.807) is 7.11 Å². The fourth-order valence-electron chi connectivity index (χ4n) is 1.54. The van der Waals surface area contributed by atoms with Crippen molar-refractivity contribution in [3.63, 3.8) is 0 Å². The lowest BCUT2D eigenvalue weighted by molar-refractivity contribution is 0.134. The molecular weight excluding hydrogens is 176 g/mol. The second-order valence-corrected chi connectivity index (χ2v) is 3.72. The minimum Gasteiger partial charge on any atom is -0.383 e. The summed E-state index contributed by atoms with van der Waals surface area (Å²) < 4.78 is 5.08. The summed E-state index contributed by atoms with van der Waals surface area (Å²) in [6.45, 7) is 8.37. The van der Waals surface area contributed by atoms with Gasteiger partial charge in [-0.3, -0.25) is 4.90 Å². The Labute approximate surface area is 88.8 Å². The summed E-state index contributed by atoms with van der Waals surface area (Å²) in [5.74, 6) is 0. The molecule has 0 aliphatic carbocycles. The lowest BCUT2D eigenvalue weighted by Crippen LogP contribution is -2.41. The van der Waals surface area contributed by atoms with Crippen molar-refractivity contribution in [2.45, 2.75) is 32.7 Å². The van der Waals surface area contributed by atoms with Crippen LogP contribution < -0.4 is 5.32 Å². The topological polar surface area (TPSA) is 24.5 Å². The number of ether oxygens (including phenoxy) is 1. The molecule has 0 saturated heterocycles. The second-order valence-electron chi connectivity index (χ2n) is 3.72. The summed E-state index contributed by atoms with van der Waals surface area (Å²) >= 11 is 0. The highest BCUT2D eigenvalue weighted by atomic mass is 16.5. The van der Waals surface area contributed by atoms with Crippen molar-refractivity contribution >= 4 is 0 Å². The van der Waals surface area contributed by atoms with Crippen molar-refractivity contribution in [3.05, 3.63) is 0 Å². The maximum Gasteiger partial charge on any atom is 0.0589 e. The zero-order valence-corrected chi connectivity index (χ0v) is 10.2. The molecule has 0 spiro atoms. The van der Waals surface area contributed by atoms with Crippen molar-refractivity contribution in [1.29, 1.82) is 0 Å². The molecule has 0 radical (unpaired) electrons. The summed E-state index contributed by atoms with van der Waals surface area (Å²) in [5, 5.41) is 3.41. The molecule has 1 atom stereocenters. The van der Waals surface area contributed by atoms with Crippen molar-refractivity contribution < 1.29 is 4.74 Å². The van der Waals surface area contributed by atoms with E-state index < -0.39 is 0 Å². The first-order chi connectivity index (χ1) is 6.76. The molecule has 0 amide bonds. The third kappa shape index (κ3) is 6.35. The Bertz CT molecular complexity index is 120. The minimum atomic E-state index is 0.648. The molecule has 0 saturated carbocycles. The Morgan fingerprint density at radius 1 is 1.36 bits per heavy atom. The minimum absolute atomic E-state index is 0.648. The first-order valence-corrected chi connectivity index (χ1v) is 5.66. The highest BCUT2D eigenvalue weighted by molar-refractivity contribution is 4.70. The fourth-order valence-corrected chi connectivity index (χ4v) is 1.54. The van der Waals surface area contributed by atoms with Crippen LogP contribution in [-0.2, 0) is 4.74 Å². The molecule has 0 aromatic rings. The second kappa shape index (κ2) is 9.44. The molecule has 3 heteroatoms. The quantitative estimate of drug-likeness (QED) is 0.611. The number of likely N-dealkylation sites (N-methyl/N-ethyl adjacent to an activating group) is 2. The Morgan fingerprint density at radius 2 is 2.07 bits per heavy atom. The predicted molar refractivity (Wildman–Crippen MR) is 61.7 cm³/mol. The van der Waals surface area contributed by atoms with Crippen molar-refractivity contribution in [3.8, 4) is 0 Å². The zero-order valence-electron chi connectivity index (χ0n) is 10.2. The van der Waals surface area contributed by atoms with Gasteiger partial charge in [0.15, 0.2) is 0 Å². The Kier molecular flexibility index (Phi) is 9.35. The Balaban J connectivity index is 3.77. The first kappa shape index (κ1) is 13.9. The van der Waals surface area contributed by atoms with Crippen LogP contribution in [0.1, 0.15) is 26.7 Å². The maximum absolute atomic E-state index is 5.08. The SMILES string of the molecule is CCCC(CNCC)N(C)CCOC. The fraction of sp³-hybridized carbons (Fsp3) is 1.00. The molecule has 0 aromatic heterocycles. The van der Waals surface area contributed by atoms with Gasteiger partial charge in [0.1, 0.15) is 0 Å². The maximum atomic E-state index is 5.08. The summed E-state index contributed by atoms with van der Waals surface area (Å²) in [6, 6.07) is 0.648. The van der Waals surface area contributed by atoms with Gasteiger partial charge in [0.05, 0.1) is 6.61 Å². The average molecular weight is 202 g/mol. The van der Waals surface area contributed by atoms with E-state index >= 15 is 0 Å². The van der Waals surface area contributed by atoms with E-state index in [4.69, 9.17) is 4.74 Å². The van der Waals surface area contributed by atoms with Gasteiger partial charge < -0.3 is 10.1 Å². The molecule has 0 heterocycles. The Hall–Kier alpha value is -0.120. The first-order valence-electron chi connectivity index (χ1n) is 5.66. The van der Waals surface area contributed by atoms with Crippen LogP contribution in [0.2, 0.25) is 0 Å². The molecule has 0 aromatic carbocycles. The smallest absolute Gasteiger partial charge is 0.0589 e. The molecule has 86 valence electrons. The van der Waals surface area contributed by atoms with E-state index in [2.05, 4.69) is 31.1 Å². The average Bonchev–Trinajstić information content (AvgIpc) is 2.20. The van der Waals surface area contributed by atoms with E-state index in [-0.39, 0.29) is 0 Å². The number of hydrogen-bond acceptors (Lipinski definition) is 3. The van der Waals surface area contributed by atoms with Gasteiger partial charge in [-0.2, -0.15) is 0 Å². The molecule has 0 aliphatic rings. The summed E-state index contributed by atoms with van der Waals surface area (Å²) in [7, 11) is 3.93. The summed E-state index contributed by atoms with van der Waals surface area (Å²) in [4.78, 5) is 2.38. The number of methoxy groups -OCH3 is 1. The van der Waals surface area contributed by atoms with E-state index in [9.17, 15) is 0 Å². The summed E-state index contributed by atoms with van der Waals surface area (Å²) in [6.07, 6.45) is 2.50. The summed E-state index contributed by atoms with van der Waals surface area (Å²) in [5.41, 5.74) is 0. The lowest BCUT2D eigenvalue weighted by atomic mass is 10.1. The number of rotatable bonds is 9. The van der Waals surface area contributed by atoms with Crippen LogP contribution in [0.4, 0.5) is 0 Å². The van der Waals surface area contributed by atoms with Crippen molar-refractivity contribution in [2.24, 2.45) is 0 Å². The standard InChI is InChI=1S/C11H26N2O/c1-5-7-11(10-12-6-2)13(3)8-9-14-4/h11-12H,5-10H2,1-4H3. The molecule has 1 N–H and O–H groups in total. The van der Waals surface area contributed by atoms with Crippen LogP contribution in [0.25, 0.3) is 0 Å². The highest BCUT2D eigenvalue weighted by Crippen LogP contribution is 2.03. The van der Waals surface area contributed by atoms with Crippen molar-refractivity contribution in [2.75, 3.05) is 40.4 Å². The van der Waals surface area contributed by atoms with Gasteiger partial charge in [-0.25, -0.2) is 0 Å². The molecule has 14 heavy (non-hydrogen) atoms. The number of nitrogens with zero attached hydrogens (tertiary/aromatic N) is 1. The van der Waals surface area contributed by atoms with Crippen LogP contribution in [0.15, 0.2) is 0 Å². The number of hydrogen-bond donors (Lipinski definition) is 1. The van der Waals surface area contributed by atoms with Gasteiger partial charge in [-0.1, -0.05) is 20.3 Å². The van der Waals surface area contributed by atoms with Crippen LogP contribution in [0, 0.1) is 0 Å². The highest BCUT2D eigenvalue weighted by Gasteiger charge is 2.12. The molecule has 0 rings (SSSR count). The van der Waals surface area contributed by atoms with Gasteiger partial charge >= 0.3 is 0 Å². The van der Waals surface area contributed by atoms with E-state index in [0.717, 1.165) is 26.2 Å². The van der Waals surface area contributed by atoms with E-state index in [1.165, 1.54) is 12.8 Å². The number of nitrogens with one attached hydrogen (secondary N) is 1. The van der Waals surface area contributed by atoms with Crippen LogP contribution in [0.3, 0.4) is 0 Å². The third-order valence-corrected chi connectivity index (χ3v) is 2.52. The van der Waals surface area contributed by atoms with Crippen molar-refractivity contribution in [1.82, 2.24) is 10.2 Å². The molecule has 1 unspecified atom stereocenters. The van der Waals surface area contributed by atoms with Gasteiger partial charge in [-0.05, 0) is 20.0 Å². The molecule has 0 fully saturated rings. The van der Waals surface area contributed by atoms with E-state index in [0.29, 0.717) is 6.04 Å². The lowest BCUT2D eigenvalue weighted by Gasteiger charge is -2.27. The van der Waals surface area contributed by atoms with Gasteiger partial charge in [0, 0.05) is 26.2 Å². The van der Waals surface area contributed by atoms with Crippen LogP contribution in [0.5, 0.6) is 0 Å². The zero-order chi connectivity index (χ0) is 10.8. The van der Waals surface area contributed by atoms with Crippen LogP contribution in [-0.4, -0.2) is 51.3 Å². The molecular formula is C11H26N2O. The monoisotopic (exact) mass is 202 g/mol. The van der Waals surface area contributed by atoms with E-state index in [1.807, 2.05) is 0 Å². The predicted octanol–water partition coefficient (Wildman–Crippen LogP) is 1.34. The third-order valence-electron chi connectivity index (χ3n) is 2.52. The molecule has 3 nitrogen and oxygen atoms in total. The Morgan fingerprint density at radius 3 is 2.57 bits per heavy atom. The van der Waals surface area contributed by atoms with Crippen LogP contribution >= 0.6 is 0 Å². The molecule has 0 bridgehead atoms. The normalized spacial score (nSPS) is 13.5. The van der Waals surface area contributed by atoms with Gasteiger partial charge in [-0.15, -0.1) is 0 Å². The van der Waals surface area contributed by atoms with Gasteiger partial charge in [0.25, 0.3) is 0 Å². The molecule has 0 aliphatic heterocycles. The van der Waals surface area contributed by atoms with Gasteiger partial charge in [0.2, 0.25) is 0 Å². The largest absolute Gasteiger partial charge is 0.383 e.